The van der Waals surface area contributed by atoms with E-state index in [2.05, 4.69) is 5.32 Å². The van der Waals surface area contributed by atoms with E-state index in [-0.39, 0.29) is 23.8 Å². The Balaban J connectivity index is 1.34. The number of esters is 1. The number of rotatable bonds is 7. The van der Waals surface area contributed by atoms with Crippen molar-refractivity contribution in [3.63, 3.8) is 0 Å². The molecule has 4 aromatic carbocycles. The Bertz CT molecular complexity index is 1460. The van der Waals surface area contributed by atoms with Crippen molar-refractivity contribution in [2.24, 2.45) is 0 Å². The lowest BCUT2D eigenvalue weighted by atomic mass is 9.98. The van der Waals surface area contributed by atoms with E-state index in [9.17, 15) is 27.9 Å². The quantitative estimate of drug-likeness (QED) is 0.211. The van der Waals surface area contributed by atoms with Crippen LogP contribution in [-0.4, -0.2) is 29.8 Å². The SMILES string of the molecule is O=C(N[C@@H](C(=O)Oc1ccccc1)[C@H](O)c1ccc(C(F)(F)F)cc1)OCC1c2ccccc2-c2ccccc21. The predicted molar refractivity (Wildman–Crippen MR) is 140 cm³/mol. The minimum absolute atomic E-state index is 0.0260. The molecule has 2 N–H and O–H groups in total. The molecule has 0 radical (unpaired) electrons. The van der Waals surface area contributed by atoms with Crippen LogP contribution in [-0.2, 0) is 15.7 Å². The number of amides is 1. The number of hydrogen-bond donors (Lipinski definition) is 2. The first kappa shape index (κ1) is 27.0. The lowest BCUT2D eigenvalue weighted by Gasteiger charge is -2.23. The molecule has 0 aliphatic heterocycles. The molecule has 1 aliphatic rings. The van der Waals surface area contributed by atoms with Crippen LogP contribution in [0.2, 0.25) is 0 Å². The summed E-state index contributed by atoms with van der Waals surface area (Å²) in [5.41, 5.74) is 3.10. The Morgan fingerprint density at radius 2 is 1.35 bits per heavy atom. The third kappa shape index (κ3) is 5.69. The van der Waals surface area contributed by atoms with E-state index in [1.807, 2.05) is 48.5 Å². The van der Waals surface area contributed by atoms with Gasteiger partial charge in [0, 0.05) is 5.92 Å². The van der Waals surface area contributed by atoms with Crippen molar-refractivity contribution in [3.05, 3.63) is 125 Å². The summed E-state index contributed by atoms with van der Waals surface area (Å²) >= 11 is 0. The average molecular weight is 548 g/mol. The summed E-state index contributed by atoms with van der Waals surface area (Å²) in [6.07, 6.45) is -7.30. The molecule has 0 heterocycles. The molecule has 0 bridgehead atoms. The Kier molecular flexibility index (Phi) is 7.57. The second kappa shape index (κ2) is 11.2. The van der Waals surface area contributed by atoms with Gasteiger partial charge in [-0.2, -0.15) is 13.2 Å². The molecule has 0 saturated carbocycles. The summed E-state index contributed by atoms with van der Waals surface area (Å²) in [7, 11) is 0. The number of aliphatic hydroxyl groups excluding tert-OH is 1. The normalized spacial score (nSPS) is 14.0. The first-order valence-corrected chi connectivity index (χ1v) is 12.5. The van der Waals surface area contributed by atoms with Crippen molar-refractivity contribution in [3.8, 4) is 16.9 Å². The molecule has 9 heteroatoms. The zero-order chi connectivity index (χ0) is 28.3. The molecule has 0 fully saturated rings. The van der Waals surface area contributed by atoms with Crippen LogP contribution in [0.1, 0.15) is 34.3 Å². The lowest BCUT2D eigenvalue weighted by Crippen LogP contribution is -2.47. The molecular weight excluding hydrogens is 523 g/mol. The molecule has 0 aromatic heterocycles. The number of hydrogen-bond acceptors (Lipinski definition) is 5. The second-order valence-electron chi connectivity index (χ2n) is 9.25. The fourth-order valence-corrected chi connectivity index (χ4v) is 4.76. The standard InChI is InChI=1S/C31H24F3NO5/c32-31(33,34)20-16-14-19(15-17-20)28(36)27(29(37)40-21-8-2-1-3-9-21)35-30(38)39-18-26-24-12-6-4-10-22(24)23-11-5-7-13-25(23)26/h1-17,26-28,36H,18H2,(H,35,38)/t27-,28-/m1/s1. The molecule has 1 aliphatic carbocycles. The molecule has 6 nitrogen and oxygen atoms in total. The van der Waals surface area contributed by atoms with E-state index in [1.165, 1.54) is 12.1 Å². The number of alkyl halides is 3. The number of halogens is 3. The highest BCUT2D eigenvalue weighted by molar-refractivity contribution is 5.84. The summed E-state index contributed by atoms with van der Waals surface area (Å²) in [5.74, 6) is -1.11. The number of nitrogens with one attached hydrogen (secondary N) is 1. The third-order valence-corrected chi connectivity index (χ3v) is 6.73. The van der Waals surface area contributed by atoms with Crippen molar-refractivity contribution in [2.75, 3.05) is 6.61 Å². The highest BCUT2D eigenvalue weighted by Crippen LogP contribution is 2.44. The molecule has 0 spiro atoms. The summed E-state index contributed by atoms with van der Waals surface area (Å²) in [5, 5.41) is 13.3. The van der Waals surface area contributed by atoms with Crippen LogP contribution in [0.3, 0.4) is 0 Å². The summed E-state index contributed by atoms with van der Waals surface area (Å²) in [6, 6.07) is 25.5. The van der Waals surface area contributed by atoms with Gasteiger partial charge in [0.25, 0.3) is 0 Å². The fourth-order valence-electron chi connectivity index (χ4n) is 4.76. The van der Waals surface area contributed by atoms with Gasteiger partial charge in [0.05, 0.1) is 5.56 Å². The fraction of sp³-hybridized carbons (Fsp3) is 0.161. The van der Waals surface area contributed by atoms with Crippen LogP contribution >= 0.6 is 0 Å². The molecule has 204 valence electrons. The predicted octanol–water partition coefficient (Wildman–Crippen LogP) is 6.25. The number of alkyl carbamates (subject to hydrolysis) is 1. The van der Waals surface area contributed by atoms with Gasteiger partial charge < -0.3 is 19.9 Å². The van der Waals surface area contributed by atoms with Gasteiger partial charge >= 0.3 is 18.2 Å². The zero-order valence-electron chi connectivity index (χ0n) is 21.0. The van der Waals surface area contributed by atoms with Gasteiger partial charge in [0.15, 0.2) is 6.04 Å². The summed E-state index contributed by atoms with van der Waals surface area (Å²) in [6.45, 7) is -0.0450. The van der Waals surface area contributed by atoms with Crippen LogP contribution in [0.25, 0.3) is 11.1 Å². The Morgan fingerprint density at radius 3 is 1.93 bits per heavy atom. The molecule has 0 saturated heterocycles. The first-order chi connectivity index (χ1) is 19.2. The Labute approximate surface area is 228 Å². The van der Waals surface area contributed by atoms with Gasteiger partial charge in [-0.25, -0.2) is 9.59 Å². The number of para-hydroxylation sites is 1. The maximum Gasteiger partial charge on any atom is 0.416 e. The van der Waals surface area contributed by atoms with Crippen LogP contribution < -0.4 is 10.1 Å². The highest BCUT2D eigenvalue weighted by atomic mass is 19.4. The molecule has 40 heavy (non-hydrogen) atoms. The van der Waals surface area contributed by atoms with E-state index in [0.29, 0.717) is 0 Å². The maximum atomic E-state index is 13.0. The summed E-state index contributed by atoms with van der Waals surface area (Å²) in [4.78, 5) is 26.0. The van der Waals surface area contributed by atoms with E-state index in [4.69, 9.17) is 9.47 Å². The molecular formula is C31H24F3NO5. The van der Waals surface area contributed by atoms with Crippen LogP contribution in [0, 0.1) is 0 Å². The number of ether oxygens (including phenoxy) is 2. The number of aliphatic hydroxyl groups is 1. The molecule has 1 amide bonds. The lowest BCUT2D eigenvalue weighted by molar-refractivity contribution is -0.140. The van der Waals surface area contributed by atoms with E-state index in [1.54, 1.807) is 18.2 Å². The van der Waals surface area contributed by atoms with Gasteiger partial charge in [-0.15, -0.1) is 0 Å². The van der Waals surface area contributed by atoms with Crippen LogP contribution in [0.15, 0.2) is 103 Å². The molecule has 2 atom stereocenters. The number of carbonyl (C=O) groups excluding carboxylic acids is 2. The smallest absolute Gasteiger partial charge is 0.416 e. The van der Waals surface area contributed by atoms with Crippen molar-refractivity contribution in [1.82, 2.24) is 5.32 Å². The maximum absolute atomic E-state index is 13.0. The van der Waals surface area contributed by atoms with Crippen LogP contribution in [0.5, 0.6) is 5.75 Å². The third-order valence-electron chi connectivity index (χ3n) is 6.73. The Hall–Kier alpha value is -4.63. The van der Waals surface area contributed by atoms with Gasteiger partial charge in [0.2, 0.25) is 0 Å². The molecule has 0 unspecified atom stereocenters. The monoisotopic (exact) mass is 547 g/mol. The van der Waals surface area contributed by atoms with E-state index in [0.717, 1.165) is 46.5 Å². The second-order valence-corrected chi connectivity index (χ2v) is 9.25. The van der Waals surface area contributed by atoms with Crippen molar-refractivity contribution in [1.29, 1.82) is 0 Å². The van der Waals surface area contributed by atoms with Crippen LogP contribution in [0.4, 0.5) is 18.0 Å². The largest absolute Gasteiger partial charge is 0.449 e. The van der Waals surface area contributed by atoms with Gasteiger partial charge in [0.1, 0.15) is 18.5 Å². The summed E-state index contributed by atoms with van der Waals surface area (Å²) < 4.78 is 49.9. The topological polar surface area (TPSA) is 84.9 Å². The molecule has 4 aromatic rings. The average Bonchev–Trinajstić information content (AvgIpc) is 3.28. The molecule has 5 rings (SSSR count). The van der Waals surface area contributed by atoms with Gasteiger partial charge in [-0.3, -0.25) is 0 Å². The highest BCUT2D eigenvalue weighted by Gasteiger charge is 2.35. The zero-order valence-corrected chi connectivity index (χ0v) is 21.0. The van der Waals surface area contributed by atoms with Crippen molar-refractivity contribution >= 4 is 12.1 Å². The minimum atomic E-state index is -4.57. The van der Waals surface area contributed by atoms with Gasteiger partial charge in [-0.1, -0.05) is 78.9 Å². The minimum Gasteiger partial charge on any atom is -0.449 e. The van der Waals surface area contributed by atoms with E-state index >= 15 is 0 Å². The van der Waals surface area contributed by atoms with E-state index < -0.39 is 35.9 Å². The van der Waals surface area contributed by atoms with Crippen molar-refractivity contribution < 1.29 is 37.3 Å². The van der Waals surface area contributed by atoms with Crippen molar-refractivity contribution in [2.45, 2.75) is 24.2 Å². The Morgan fingerprint density at radius 1 is 0.800 bits per heavy atom. The number of benzene rings is 4. The number of carbonyl (C=O) groups is 2. The number of fused-ring (bicyclic) bond motifs is 3. The first-order valence-electron chi connectivity index (χ1n) is 12.5. The van der Waals surface area contributed by atoms with Gasteiger partial charge in [-0.05, 0) is 52.1 Å².